The Hall–Kier alpha value is -0.112. The summed E-state index contributed by atoms with van der Waals surface area (Å²) in [6, 6.07) is 13.4. The van der Waals surface area contributed by atoms with Crippen molar-refractivity contribution in [1.82, 2.24) is 9.80 Å². The van der Waals surface area contributed by atoms with Crippen molar-refractivity contribution in [2.24, 2.45) is 11.8 Å². The monoisotopic (exact) mass is 1110 g/mol. The van der Waals surface area contributed by atoms with Crippen molar-refractivity contribution >= 4 is 46.1 Å². The number of nitrogens with zero attached hydrogens (tertiary/aromatic N) is 2. The van der Waals surface area contributed by atoms with Crippen LogP contribution in [-0.2, 0) is 42.8 Å². The number of benzene rings is 2. The van der Waals surface area contributed by atoms with E-state index in [4.69, 9.17) is 4.74 Å². The van der Waals surface area contributed by atoms with Gasteiger partial charge in [0.2, 0.25) is 0 Å². The van der Waals surface area contributed by atoms with Crippen LogP contribution in [0, 0.1) is 51.1 Å². The van der Waals surface area contributed by atoms with Crippen LogP contribution in [0.3, 0.4) is 0 Å². The fourth-order valence-corrected chi connectivity index (χ4v) is 12.0. The van der Waals surface area contributed by atoms with Crippen molar-refractivity contribution in [2.45, 2.75) is 144 Å². The molecule has 4 saturated carbocycles. The van der Waals surface area contributed by atoms with E-state index in [9.17, 15) is 24.6 Å². The molecular formula is C44H56I2N2O6Sm. The number of halogens is 2. The zero-order chi connectivity index (χ0) is 38.9. The van der Waals surface area contributed by atoms with Crippen molar-refractivity contribution < 1.29 is 54.8 Å². The molecule has 0 aromatic heterocycles. The van der Waals surface area contributed by atoms with Crippen LogP contribution in [0.4, 0.5) is 0 Å². The minimum absolute atomic E-state index is 0.0423. The SMILES string of the molecule is CC(=O)OC1C[C@]23CCN(CC4CC4)[C@H](Cc4ccc(C)cc42)[C@]3(O)CC1=O.Cc1ccc2c(c1)[C@@]13CCC(=O)C[C@@]1(O)[C@@H](C2)N(CC1CC1)CC3.[I][Sm][I]. The number of carbonyl (C=O) groups is 3. The number of hydrogen-bond donors (Lipinski definition) is 2. The molecule has 7 atom stereocenters. The summed E-state index contributed by atoms with van der Waals surface area (Å²) in [6.45, 7) is 9.69. The third-order valence-corrected chi connectivity index (χ3v) is 15.0. The van der Waals surface area contributed by atoms with Crippen LogP contribution >= 0.6 is 28.6 Å². The van der Waals surface area contributed by atoms with Crippen LogP contribution < -0.4 is 0 Å². The van der Waals surface area contributed by atoms with E-state index in [-0.39, 0.29) is 60.9 Å². The molecule has 2 N–H and O–H groups in total. The molecule has 6 aliphatic carbocycles. The second kappa shape index (κ2) is 16.1. The second-order valence-electron chi connectivity index (χ2n) is 18.4. The van der Waals surface area contributed by atoms with Gasteiger partial charge >= 0.3 is 60.0 Å². The zero-order valence-electron chi connectivity index (χ0n) is 32.5. The van der Waals surface area contributed by atoms with Gasteiger partial charge in [0, 0.05) is 68.6 Å². The van der Waals surface area contributed by atoms with Gasteiger partial charge in [-0.3, -0.25) is 24.2 Å². The summed E-state index contributed by atoms with van der Waals surface area (Å²) in [5.74, 6) is 1.25. The maximum absolute atomic E-state index is 12.9. The fourth-order valence-electron chi connectivity index (χ4n) is 12.0. The normalized spacial score (nSPS) is 36.1. The third-order valence-electron chi connectivity index (χ3n) is 15.0. The van der Waals surface area contributed by atoms with E-state index in [2.05, 4.69) is 88.6 Å². The summed E-state index contributed by atoms with van der Waals surface area (Å²) >= 11 is 5.07. The molecule has 11 heteroatoms. The van der Waals surface area contributed by atoms with Gasteiger partial charge in [-0.05, 0) is 119 Å². The Kier molecular flexibility index (Phi) is 12.1. The van der Waals surface area contributed by atoms with E-state index < -0.39 is 28.7 Å². The number of ketones is 2. The van der Waals surface area contributed by atoms with E-state index in [0.717, 1.165) is 75.7 Å². The molecule has 4 bridgehead atoms. The van der Waals surface area contributed by atoms with Gasteiger partial charge in [0.05, 0.1) is 11.2 Å². The van der Waals surface area contributed by atoms with E-state index in [1.807, 2.05) is 0 Å². The van der Waals surface area contributed by atoms with E-state index in [1.54, 1.807) is 0 Å². The predicted molar refractivity (Wildman–Crippen MR) is 225 cm³/mol. The molecule has 2 heterocycles. The van der Waals surface area contributed by atoms with E-state index >= 15 is 0 Å². The molecule has 0 spiro atoms. The van der Waals surface area contributed by atoms with Gasteiger partial charge in [-0.1, -0.05) is 47.5 Å². The number of carbonyl (C=O) groups excluding carboxylic acids is 3. The Balaban J connectivity index is 0.000000147. The molecule has 298 valence electrons. The van der Waals surface area contributed by atoms with Crippen molar-refractivity contribution in [3.8, 4) is 0 Å². The number of rotatable bonds is 5. The number of piperidine rings is 2. The molecular weight excluding hydrogens is 1060 g/mol. The summed E-state index contributed by atoms with van der Waals surface area (Å²) in [7, 11) is 0. The zero-order valence-corrected chi connectivity index (χ0v) is 39.4. The number of likely N-dealkylation sites (tertiary alicyclic amines) is 2. The number of esters is 1. The Bertz CT molecular complexity index is 1850. The molecule has 8 aliphatic rings. The molecule has 55 heavy (non-hydrogen) atoms. The summed E-state index contributed by atoms with van der Waals surface area (Å²) in [5.41, 5.74) is 4.95. The average molecular weight is 1110 g/mol. The van der Waals surface area contributed by atoms with Crippen LogP contribution in [0.5, 0.6) is 0 Å². The van der Waals surface area contributed by atoms with Crippen molar-refractivity contribution in [1.29, 1.82) is 0 Å². The van der Waals surface area contributed by atoms with E-state index in [0.29, 0.717) is 19.3 Å². The summed E-state index contributed by atoms with van der Waals surface area (Å²) in [4.78, 5) is 41.7. The molecule has 2 aliphatic heterocycles. The number of Topliss-reactive ketones (excluding diaryl/α,β-unsaturated/α-hetero) is 2. The summed E-state index contributed by atoms with van der Waals surface area (Å²) in [5, 5.41) is 24.0. The van der Waals surface area contributed by atoms with Crippen molar-refractivity contribution in [3.63, 3.8) is 0 Å². The first kappa shape index (κ1) is 41.6. The van der Waals surface area contributed by atoms with Crippen molar-refractivity contribution in [2.75, 3.05) is 26.2 Å². The van der Waals surface area contributed by atoms with E-state index in [1.165, 1.54) is 60.4 Å². The molecule has 6 fully saturated rings. The number of fused-ring (bicyclic) bond motifs is 2. The van der Waals surface area contributed by atoms with Crippen molar-refractivity contribution in [3.05, 3.63) is 69.8 Å². The number of hydrogen-bond acceptors (Lipinski definition) is 8. The molecule has 1 unspecified atom stereocenters. The Labute approximate surface area is 358 Å². The van der Waals surface area contributed by atoms with Crippen LogP contribution in [0.15, 0.2) is 36.4 Å². The van der Waals surface area contributed by atoms with Crippen LogP contribution in [0.1, 0.15) is 111 Å². The molecule has 0 amide bonds. The fraction of sp³-hybridized carbons (Fsp3) is 0.659. The number of aryl methyl sites for hydroxylation is 2. The molecule has 2 saturated heterocycles. The summed E-state index contributed by atoms with van der Waals surface area (Å²) < 4.78 is 5.42. The predicted octanol–water partition coefficient (Wildman–Crippen LogP) is 6.83. The van der Waals surface area contributed by atoms with Gasteiger partial charge < -0.3 is 14.9 Å². The standard InChI is InChI=1S/C23H29NO4.C21H27NO2.2HI.Sm/c1-14-3-6-17-10-21-23(27)11-19(26)20(28-15(2)25)12-22(23,18(17)9-14)7-8-24(21)13-16-4-5-16;1-14-2-5-16-11-19-21(24)12-17(23)6-7-20(21,18(16)10-14)8-9-22(19)13-15-3-4-15;;;/h3,6,9,16,20-21,27H,4-5,7-8,10-13H2,1-2H3;2,5,10,15,19,24H,3-4,6-9,11-13H2,1H3;2*1H;/q;;;;+2/p-2/t20?,21-,22-,23-;19-,20+,21-;;;/m11.../s1. The average Bonchev–Trinajstić information content (AvgIpc) is 4.06. The first-order chi connectivity index (χ1) is 26.3. The Morgan fingerprint density at radius 2 is 1.29 bits per heavy atom. The van der Waals surface area contributed by atoms with Gasteiger partial charge in [0.15, 0.2) is 11.9 Å². The van der Waals surface area contributed by atoms with Gasteiger partial charge in [-0.2, -0.15) is 0 Å². The van der Waals surface area contributed by atoms with Gasteiger partial charge in [0.25, 0.3) is 0 Å². The van der Waals surface area contributed by atoms with Crippen LogP contribution in [0.2, 0.25) is 0 Å². The number of ether oxygens (including phenoxy) is 1. The maximum atomic E-state index is 12.9. The first-order valence-electron chi connectivity index (χ1n) is 20.5. The van der Waals surface area contributed by atoms with Gasteiger partial charge in [0.1, 0.15) is 5.78 Å². The first-order valence-corrected chi connectivity index (χ1v) is 35.5. The van der Waals surface area contributed by atoms with Gasteiger partial charge in [-0.25, -0.2) is 0 Å². The quantitative estimate of drug-likeness (QED) is 0.248. The molecule has 0 radical (unpaired) electrons. The van der Waals surface area contributed by atoms with Crippen LogP contribution in [-0.4, -0.2) is 93.1 Å². The molecule has 8 nitrogen and oxygen atoms in total. The molecule has 10 rings (SSSR count). The van der Waals surface area contributed by atoms with Crippen LogP contribution in [0.25, 0.3) is 0 Å². The number of aliphatic hydroxyl groups is 2. The Morgan fingerprint density at radius 3 is 1.80 bits per heavy atom. The molecule has 2 aromatic carbocycles. The second-order valence-corrected chi connectivity index (χ2v) is 37.8. The summed E-state index contributed by atoms with van der Waals surface area (Å²) in [6.07, 6.45) is 10.2. The van der Waals surface area contributed by atoms with Gasteiger partial charge in [-0.15, -0.1) is 0 Å². The third kappa shape index (κ3) is 7.52. The topological polar surface area (TPSA) is 107 Å². The minimum atomic E-state index is -1.09. The molecule has 2 aromatic rings. The Morgan fingerprint density at radius 1 is 0.800 bits per heavy atom.